The maximum Gasteiger partial charge on any atom is 0.306 e. The zero-order chi connectivity index (χ0) is 22.1. The molecule has 4 nitrogen and oxygen atoms in total. The Morgan fingerprint density at radius 1 is 0.968 bits per heavy atom. The van der Waals surface area contributed by atoms with Crippen LogP contribution < -0.4 is 0 Å². The van der Waals surface area contributed by atoms with Crippen LogP contribution in [0.4, 0.5) is 0 Å². The number of unbranched alkanes of at least 4 members (excludes halogenated alkanes) is 4. The lowest BCUT2D eigenvalue weighted by atomic mass is 9.70. The first-order valence-corrected chi connectivity index (χ1v) is 12.7. The fourth-order valence-electron chi connectivity index (χ4n) is 5.39. The third kappa shape index (κ3) is 7.15. The highest BCUT2D eigenvalue weighted by Gasteiger charge is 2.36. The molecule has 0 bridgehead atoms. The van der Waals surface area contributed by atoms with E-state index in [1.165, 1.54) is 42.6 Å². The van der Waals surface area contributed by atoms with Crippen molar-refractivity contribution >= 4 is 11.8 Å². The van der Waals surface area contributed by atoms with E-state index >= 15 is 0 Å². The van der Waals surface area contributed by atoms with Crippen LogP contribution in [0, 0.1) is 11.3 Å². The van der Waals surface area contributed by atoms with Crippen molar-refractivity contribution in [3.63, 3.8) is 0 Å². The molecular formula is C27H41NO3. The molecule has 1 N–H and O–H groups in total. The van der Waals surface area contributed by atoms with Gasteiger partial charge in [-0.15, -0.1) is 0 Å². The molecule has 2 aliphatic carbocycles. The molecule has 1 aromatic rings. The highest BCUT2D eigenvalue weighted by Crippen LogP contribution is 2.38. The van der Waals surface area contributed by atoms with Crippen molar-refractivity contribution in [1.82, 2.24) is 4.98 Å². The van der Waals surface area contributed by atoms with Gasteiger partial charge in [0.15, 0.2) is 0 Å². The predicted octanol–water partition coefficient (Wildman–Crippen LogP) is 6.47. The summed E-state index contributed by atoms with van der Waals surface area (Å²) < 4.78 is 0. The molecule has 1 aromatic heterocycles. The quantitative estimate of drug-likeness (QED) is 0.388. The van der Waals surface area contributed by atoms with Crippen molar-refractivity contribution in [3.05, 3.63) is 29.1 Å². The van der Waals surface area contributed by atoms with E-state index in [1.807, 2.05) is 6.92 Å². The minimum Gasteiger partial charge on any atom is -0.481 e. The van der Waals surface area contributed by atoms with Crippen LogP contribution in [0.25, 0.3) is 0 Å². The van der Waals surface area contributed by atoms with Gasteiger partial charge in [0.1, 0.15) is 5.78 Å². The second-order valence-corrected chi connectivity index (χ2v) is 10.2. The van der Waals surface area contributed by atoms with Gasteiger partial charge in [-0.3, -0.25) is 14.6 Å². The molecule has 0 saturated heterocycles. The number of aryl methyl sites for hydroxylation is 3. The molecular weight excluding hydrogens is 386 g/mol. The van der Waals surface area contributed by atoms with E-state index in [2.05, 4.69) is 12.1 Å². The van der Waals surface area contributed by atoms with Gasteiger partial charge in [0.25, 0.3) is 0 Å². The fourth-order valence-corrected chi connectivity index (χ4v) is 5.39. The Morgan fingerprint density at radius 3 is 2.45 bits per heavy atom. The van der Waals surface area contributed by atoms with E-state index in [1.54, 1.807) is 0 Å². The summed E-state index contributed by atoms with van der Waals surface area (Å²) >= 11 is 0. The number of carboxylic acid groups (broad SMARTS) is 1. The van der Waals surface area contributed by atoms with Gasteiger partial charge in [0, 0.05) is 23.2 Å². The van der Waals surface area contributed by atoms with Crippen molar-refractivity contribution in [2.45, 2.75) is 116 Å². The summed E-state index contributed by atoms with van der Waals surface area (Å²) in [4.78, 5) is 29.3. The van der Waals surface area contributed by atoms with Gasteiger partial charge in [-0.25, -0.2) is 0 Å². The number of Topliss-reactive ketones (excluding diaryl/α,β-unsaturated/α-hetero) is 1. The van der Waals surface area contributed by atoms with Crippen LogP contribution >= 0.6 is 0 Å². The van der Waals surface area contributed by atoms with Crippen LogP contribution in [0.3, 0.4) is 0 Å². The molecule has 172 valence electrons. The predicted molar refractivity (Wildman–Crippen MR) is 124 cm³/mol. The van der Waals surface area contributed by atoms with Gasteiger partial charge in [-0.1, -0.05) is 57.9 Å². The Balaban J connectivity index is 1.31. The van der Waals surface area contributed by atoms with Gasteiger partial charge < -0.3 is 5.11 Å². The third-order valence-corrected chi connectivity index (χ3v) is 7.63. The second kappa shape index (κ2) is 11.8. The number of fused-ring (bicyclic) bond motifs is 1. The Bertz CT molecular complexity index is 736. The van der Waals surface area contributed by atoms with Gasteiger partial charge in [0.05, 0.1) is 5.92 Å². The third-order valence-electron chi connectivity index (χ3n) is 7.63. The number of carbonyl (C=O) groups is 2. The Labute approximate surface area is 188 Å². The smallest absolute Gasteiger partial charge is 0.306 e. The Kier molecular flexibility index (Phi) is 9.10. The summed E-state index contributed by atoms with van der Waals surface area (Å²) in [6.07, 6.45) is 17.4. The molecule has 0 aromatic carbocycles. The number of rotatable bonds is 12. The molecule has 1 fully saturated rings. The molecule has 1 atom stereocenters. The summed E-state index contributed by atoms with van der Waals surface area (Å²) in [5.41, 5.74) is 3.71. The lowest BCUT2D eigenvalue weighted by Crippen LogP contribution is -2.33. The monoisotopic (exact) mass is 427 g/mol. The minimum atomic E-state index is -0.800. The van der Waals surface area contributed by atoms with Gasteiger partial charge in [-0.2, -0.15) is 0 Å². The normalized spacial score (nSPS) is 18.9. The van der Waals surface area contributed by atoms with Crippen molar-refractivity contribution in [3.8, 4) is 0 Å². The molecule has 31 heavy (non-hydrogen) atoms. The van der Waals surface area contributed by atoms with E-state index in [9.17, 15) is 14.7 Å². The number of nitrogens with zero attached hydrogens (tertiary/aromatic N) is 1. The van der Waals surface area contributed by atoms with Crippen molar-refractivity contribution in [2.24, 2.45) is 11.3 Å². The zero-order valence-corrected chi connectivity index (χ0v) is 19.5. The topological polar surface area (TPSA) is 67.3 Å². The van der Waals surface area contributed by atoms with E-state index in [0.29, 0.717) is 6.42 Å². The van der Waals surface area contributed by atoms with Crippen LogP contribution in [0.5, 0.6) is 0 Å². The maximum absolute atomic E-state index is 12.8. The zero-order valence-electron chi connectivity index (χ0n) is 19.5. The number of aromatic nitrogens is 1. The molecule has 1 saturated carbocycles. The van der Waals surface area contributed by atoms with E-state index < -0.39 is 11.9 Å². The number of carboxylic acids is 1. The molecule has 3 rings (SSSR count). The number of aliphatic carboxylic acids is 1. The van der Waals surface area contributed by atoms with E-state index in [0.717, 1.165) is 70.6 Å². The average molecular weight is 428 g/mol. The van der Waals surface area contributed by atoms with Crippen LogP contribution in [-0.4, -0.2) is 21.8 Å². The van der Waals surface area contributed by atoms with E-state index in [-0.39, 0.29) is 17.6 Å². The van der Waals surface area contributed by atoms with Crippen LogP contribution in [0.1, 0.15) is 114 Å². The molecule has 0 spiro atoms. The molecule has 0 unspecified atom stereocenters. The number of pyridine rings is 1. The van der Waals surface area contributed by atoms with Crippen molar-refractivity contribution < 1.29 is 14.7 Å². The minimum absolute atomic E-state index is 0.178. The SMILES string of the molecule is CC1(C(=O)C[C@H](CCCCCCCc2ccc3c(n2)CCCC3)C(=O)O)CCCCC1. The average Bonchev–Trinajstić information content (AvgIpc) is 2.77. The second-order valence-electron chi connectivity index (χ2n) is 10.2. The lowest BCUT2D eigenvalue weighted by molar-refractivity contribution is -0.145. The van der Waals surface area contributed by atoms with Crippen molar-refractivity contribution in [2.75, 3.05) is 0 Å². The fraction of sp³-hybridized carbons (Fsp3) is 0.741. The first-order valence-electron chi connectivity index (χ1n) is 12.7. The summed E-state index contributed by atoms with van der Waals surface area (Å²) in [7, 11) is 0. The highest BCUT2D eigenvalue weighted by atomic mass is 16.4. The van der Waals surface area contributed by atoms with Crippen LogP contribution in [-0.2, 0) is 28.9 Å². The van der Waals surface area contributed by atoms with E-state index in [4.69, 9.17) is 4.98 Å². The summed E-state index contributed by atoms with van der Waals surface area (Å²) in [6.45, 7) is 2.05. The number of ketones is 1. The Hall–Kier alpha value is -1.71. The van der Waals surface area contributed by atoms with Gasteiger partial charge in [0.2, 0.25) is 0 Å². The molecule has 2 aliphatic rings. The number of hydrogen-bond donors (Lipinski definition) is 1. The largest absolute Gasteiger partial charge is 0.481 e. The number of hydrogen-bond acceptors (Lipinski definition) is 3. The molecule has 0 radical (unpaired) electrons. The standard InChI is InChI=1S/C27H41NO3/c1-27(18-10-5-11-19-27)25(29)20-22(26(30)31)13-6-3-2-4-7-14-23-17-16-21-12-8-9-15-24(21)28-23/h16-17,22H,2-15,18-20H2,1H3,(H,30,31)/t22-/m0/s1. The van der Waals surface area contributed by atoms with Crippen LogP contribution in [0.2, 0.25) is 0 Å². The summed E-state index contributed by atoms with van der Waals surface area (Å²) in [5, 5.41) is 9.60. The van der Waals surface area contributed by atoms with Crippen molar-refractivity contribution in [1.29, 1.82) is 0 Å². The maximum atomic E-state index is 12.8. The first-order chi connectivity index (χ1) is 15.0. The molecule has 1 heterocycles. The van der Waals surface area contributed by atoms with Gasteiger partial charge in [-0.05, 0) is 69.4 Å². The Morgan fingerprint density at radius 2 is 1.68 bits per heavy atom. The van der Waals surface area contributed by atoms with Crippen LogP contribution in [0.15, 0.2) is 12.1 Å². The summed E-state index contributed by atoms with van der Waals surface area (Å²) in [6, 6.07) is 4.48. The molecule has 0 amide bonds. The first kappa shape index (κ1) is 23.9. The van der Waals surface area contributed by atoms with Gasteiger partial charge >= 0.3 is 5.97 Å². The molecule has 4 heteroatoms. The highest BCUT2D eigenvalue weighted by molar-refractivity contribution is 5.88. The number of carbonyl (C=O) groups excluding carboxylic acids is 1. The molecule has 0 aliphatic heterocycles. The lowest BCUT2D eigenvalue weighted by Gasteiger charge is -2.32. The summed E-state index contributed by atoms with van der Waals surface area (Å²) in [5.74, 6) is -1.13.